The van der Waals surface area contributed by atoms with Crippen molar-refractivity contribution in [2.75, 3.05) is 18.4 Å². The monoisotopic (exact) mass is 272 g/mol. The van der Waals surface area contributed by atoms with Crippen molar-refractivity contribution in [1.29, 1.82) is 0 Å². The summed E-state index contributed by atoms with van der Waals surface area (Å²) in [6.07, 6.45) is 1.69. The molecule has 82 valence electrons. The number of rotatable bonds is 3. The van der Waals surface area contributed by atoms with Crippen LogP contribution in [0, 0.1) is 0 Å². The van der Waals surface area contributed by atoms with E-state index in [-0.39, 0.29) is 5.56 Å². The summed E-state index contributed by atoms with van der Waals surface area (Å²) < 4.78 is 1.99. The van der Waals surface area contributed by atoms with Gasteiger partial charge in [-0.2, -0.15) is 5.10 Å². The number of nitrogens with one attached hydrogen (secondary N) is 2. The molecule has 2 N–H and O–H groups in total. The van der Waals surface area contributed by atoms with E-state index in [9.17, 15) is 4.79 Å². The van der Waals surface area contributed by atoms with Gasteiger partial charge in [-0.1, -0.05) is 0 Å². The van der Waals surface area contributed by atoms with Crippen LogP contribution in [0.1, 0.15) is 6.92 Å². The van der Waals surface area contributed by atoms with E-state index >= 15 is 0 Å². The van der Waals surface area contributed by atoms with Gasteiger partial charge in [-0.05, 0) is 22.9 Å². The Bertz CT molecular complexity index is 413. The molecule has 1 aromatic rings. The van der Waals surface area contributed by atoms with Crippen molar-refractivity contribution in [3.05, 3.63) is 21.0 Å². The molecule has 1 aromatic heterocycles. The van der Waals surface area contributed by atoms with Gasteiger partial charge in [0, 0.05) is 19.6 Å². The lowest BCUT2D eigenvalue weighted by atomic mass is 10.2. The average Bonchev–Trinajstić information content (AvgIpc) is 2.18. The van der Waals surface area contributed by atoms with Crippen molar-refractivity contribution in [2.45, 2.75) is 19.5 Å². The highest BCUT2D eigenvalue weighted by molar-refractivity contribution is 9.10. The molecule has 0 bridgehead atoms. The molecule has 1 saturated heterocycles. The average molecular weight is 273 g/mol. The zero-order valence-corrected chi connectivity index (χ0v) is 10.0. The number of halogens is 1. The van der Waals surface area contributed by atoms with Crippen LogP contribution in [-0.2, 0) is 6.54 Å². The van der Waals surface area contributed by atoms with Crippen LogP contribution in [0.3, 0.4) is 0 Å². The molecule has 1 aliphatic rings. The third-order valence-corrected chi connectivity index (χ3v) is 3.19. The maximum atomic E-state index is 11.7. The Kier molecular flexibility index (Phi) is 3.06. The fourth-order valence-electron chi connectivity index (χ4n) is 1.40. The van der Waals surface area contributed by atoms with Gasteiger partial charge in [0.25, 0.3) is 5.56 Å². The number of nitrogens with zero attached hydrogens (tertiary/aromatic N) is 2. The number of anilines is 1. The highest BCUT2D eigenvalue weighted by Crippen LogP contribution is 2.17. The number of hydrogen-bond donors (Lipinski definition) is 2. The smallest absolute Gasteiger partial charge is 0.283 e. The fraction of sp³-hybridized carbons (Fsp3) is 0.556. The van der Waals surface area contributed by atoms with Crippen LogP contribution in [0.4, 0.5) is 5.69 Å². The lowest BCUT2D eigenvalue weighted by molar-refractivity contribution is 0.471. The summed E-state index contributed by atoms with van der Waals surface area (Å²) in [5.41, 5.74) is 0.686. The molecule has 0 radical (unpaired) electrons. The van der Waals surface area contributed by atoms with Gasteiger partial charge < -0.3 is 10.6 Å². The Balaban J connectivity index is 2.24. The highest BCUT2D eigenvalue weighted by atomic mass is 79.9. The van der Waals surface area contributed by atoms with Gasteiger partial charge in [-0.25, -0.2) is 4.68 Å². The standard InChI is InChI=1S/C9H13BrN4O/c1-2-14-9(15)8(10)7(5-12-14)13-6-3-11-4-6/h5-6,11,13H,2-4H2,1H3. The molecule has 0 aliphatic carbocycles. The van der Waals surface area contributed by atoms with Crippen LogP contribution in [0.15, 0.2) is 15.5 Å². The quantitative estimate of drug-likeness (QED) is 0.837. The van der Waals surface area contributed by atoms with Gasteiger partial charge in [0.1, 0.15) is 4.47 Å². The van der Waals surface area contributed by atoms with Crippen molar-refractivity contribution in [3.63, 3.8) is 0 Å². The van der Waals surface area contributed by atoms with Crippen molar-refractivity contribution in [3.8, 4) is 0 Å². The van der Waals surface area contributed by atoms with E-state index in [0.717, 1.165) is 18.8 Å². The van der Waals surface area contributed by atoms with Gasteiger partial charge in [0.15, 0.2) is 0 Å². The van der Waals surface area contributed by atoms with Crippen molar-refractivity contribution < 1.29 is 0 Å². The topological polar surface area (TPSA) is 59.0 Å². The van der Waals surface area contributed by atoms with Crippen molar-refractivity contribution in [2.24, 2.45) is 0 Å². The van der Waals surface area contributed by atoms with E-state index in [1.54, 1.807) is 6.20 Å². The first-order chi connectivity index (χ1) is 7.22. The molecule has 5 nitrogen and oxygen atoms in total. The molecular formula is C9H13BrN4O. The van der Waals surface area contributed by atoms with Gasteiger partial charge in [-0.15, -0.1) is 0 Å². The maximum absolute atomic E-state index is 11.7. The van der Waals surface area contributed by atoms with Crippen molar-refractivity contribution >= 4 is 21.6 Å². The third-order valence-electron chi connectivity index (χ3n) is 2.43. The number of hydrogen-bond acceptors (Lipinski definition) is 4. The molecule has 6 heteroatoms. The Morgan fingerprint density at radius 3 is 3.00 bits per heavy atom. The summed E-state index contributed by atoms with van der Waals surface area (Å²) in [5.74, 6) is 0. The Hall–Kier alpha value is -0.880. The Labute approximate surface area is 96.0 Å². The maximum Gasteiger partial charge on any atom is 0.283 e. The molecule has 1 fully saturated rings. The van der Waals surface area contributed by atoms with Crippen LogP contribution < -0.4 is 16.2 Å². The van der Waals surface area contributed by atoms with E-state index < -0.39 is 0 Å². The highest BCUT2D eigenvalue weighted by Gasteiger charge is 2.18. The van der Waals surface area contributed by atoms with Crippen LogP contribution in [0.25, 0.3) is 0 Å². The normalized spacial score (nSPS) is 16.1. The van der Waals surface area contributed by atoms with Gasteiger partial charge >= 0.3 is 0 Å². The molecule has 15 heavy (non-hydrogen) atoms. The number of aryl methyl sites for hydroxylation is 1. The van der Waals surface area contributed by atoms with E-state index in [0.29, 0.717) is 17.1 Å². The SMILES string of the molecule is CCn1ncc(NC2CNC2)c(Br)c1=O. The summed E-state index contributed by atoms with van der Waals surface area (Å²) >= 11 is 3.30. The van der Waals surface area contributed by atoms with E-state index in [1.807, 2.05) is 6.92 Å². The first-order valence-corrected chi connectivity index (χ1v) is 5.74. The lowest BCUT2D eigenvalue weighted by Gasteiger charge is -2.29. The van der Waals surface area contributed by atoms with Gasteiger partial charge in [-0.3, -0.25) is 4.79 Å². The van der Waals surface area contributed by atoms with Gasteiger partial charge in [0.2, 0.25) is 0 Å². The third kappa shape index (κ3) is 2.05. The Morgan fingerprint density at radius 1 is 1.73 bits per heavy atom. The first kappa shape index (κ1) is 10.6. The molecule has 0 amide bonds. The molecule has 1 aliphatic heterocycles. The van der Waals surface area contributed by atoms with Gasteiger partial charge in [0.05, 0.1) is 17.9 Å². The molecule has 0 aromatic carbocycles. The first-order valence-electron chi connectivity index (χ1n) is 4.95. The summed E-state index contributed by atoms with van der Waals surface area (Å²) in [5, 5.41) is 10.5. The molecular weight excluding hydrogens is 260 g/mol. The van der Waals surface area contributed by atoms with E-state index in [1.165, 1.54) is 4.68 Å². The number of aromatic nitrogens is 2. The summed E-state index contributed by atoms with van der Waals surface area (Å²) in [6.45, 7) is 4.35. The van der Waals surface area contributed by atoms with Crippen LogP contribution >= 0.6 is 15.9 Å². The van der Waals surface area contributed by atoms with Crippen LogP contribution in [-0.4, -0.2) is 28.9 Å². The zero-order valence-electron chi connectivity index (χ0n) is 8.46. The van der Waals surface area contributed by atoms with E-state index in [2.05, 4.69) is 31.7 Å². The Morgan fingerprint density at radius 2 is 2.47 bits per heavy atom. The minimum atomic E-state index is -0.0882. The second-order valence-corrected chi connectivity index (χ2v) is 4.29. The second kappa shape index (κ2) is 4.32. The largest absolute Gasteiger partial charge is 0.377 e. The molecule has 0 atom stereocenters. The van der Waals surface area contributed by atoms with Crippen LogP contribution in [0.2, 0.25) is 0 Å². The molecule has 0 unspecified atom stereocenters. The van der Waals surface area contributed by atoms with E-state index in [4.69, 9.17) is 0 Å². The molecule has 2 rings (SSSR count). The van der Waals surface area contributed by atoms with Crippen LogP contribution in [0.5, 0.6) is 0 Å². The summed E-state index contributed by atoms with van der Waals surface area (Å²) in [7, 11) is 0. The molecule has 0 saturated carbocycles. The molecule has 0 spiro atoms. The summed E-state index contributed by atoms with van der Waals surface area (Å²) in [6, 6.07) is 0.403. The lowest BCUT2D eigenvalue weighted by Crippen LogP contribution is -2.51. The van der Waals surface area contributed by atoms with Crippen molar-refractivity contribution in [1.82, 2.24) is 15.1 Å². The molecule has 2 heterocycles. The zero-order chi connectivity index (χ0) is 10.8. The minimum Gasteiger partial charge on any atom is -0.377 e. The second-order valence-electron chi connectivity index (χ2n) is 3.49. The fourth-order valence-corrected chi connectivity index (χ4v) is 1.82. The minimum absolute atomic E-state index is 0.0882. The summed E-state index contributed by atoms with van der Waals surface area (Å²) in [4.78, 5) is 11.7. The predicted molar refractivity (Wildman–Crippen MR) is 62.2 cm³/mol. The predicted octanol–water partition coefficient (Wildman–Crippen LogP) is 0.409.